The molecule has 1 aliphatic heterocycles. The minimum atomic E-state index is -0.785. The Balaban J connectivity index is 2.87. The summed E-state index contributed by atoms with van der Waals surface area (Å²) in [6.45, 7) is 1.60. The molecule has 1 atom stereocenters. The van der Waals surface area contributed by atoms with Gasteiger partial charge in [-0.3, -0.25) is 0 Å². The number of rotatable bonds is 0. The number of cyclic esters (lactones) is 1. The predicted molar refractivity (Wildman–Crippen MR) is 34.3 cm³/mol. The highest BCUT2D eigenvalue weighted by Gasteiger charge is 2.30. The SMILES string of the molecule is CC1=C(Cl)C(Cl)C(=O)O1. The van der Waals surface area contributed by atoms with E-state index < -0.39 is 11.3 Å². The van der Waals surface area contributed by atoms with Gasteiger partial charge in [0.25, 0.3) is 0 Å². The second-order valence-electron chi connectivity index (χ2n) is 1.69. The standard InChI is InChI=1S/C5H4Cl2O2/c1-2-3(6)4(7)5(8)9-2/h4H,1H3. The first kappa shape index (κ1) is 6.90. The Labute approximate surface area is 62.4 Å². The van der Waals surface area contributed by atoms with Gasteiger partial charge in [0.2, 0.25) is 0 Å². The molecule has 50 valence electrons. The number of alkyl halides is 1. The van der Waals surface area contributed by atoms with Gasteiger partial charge in [-0.05, 0) is 6.92 Å². The van der Waals surface area contributed by atoms with Crippen LogP contribution in [0.5, 0.6) is 0 Å². The van der Waals surface area contributed by atoms with Crippen molar-refractivity contribution in [1.82, 2.24) is 0 Å². The quantitative estimate of drug-likeness (QED) is 0.404. The van der Waals surface area contributed by atoms with Crippen LogP contribution in [-0.2, 0) is 9.53 Å². The molecular formula is C5H4Cl2O2. The molecule has 0 fully saturated rings. The maximum atomic E-state index is 10.5. The minimum absolute atomic E-state index is 0.293. The molecule has 0 bridgehead atoms. The van der Waals surface area contributed by atoms with Crippen LogP contribution >= 0.6 is 23.2 Å². The van der Waals surface area contributed by atoms with Gasteiger partial charge in [0.1, 0.15) is 5.76 Å². The molecule has 0 N–H and O–H groups in total. The largest absolute Gasteiger partial charge is 0.429 e. The summed E-state index contributed by atoms with van der Waals surface area (Å²) in [4.78, 5) is 10.5. The van der Waals surface area contributed by atoms with Crippen molar-refractivity contribution in [2.75, 3.05) is 0 Å². The normalized spacial score (nSPS) is 27.0. The molecule has 0 aromatic heterocycles. The molecule has 0 aromatic carbocycles. The number of halogens is 2. The fourth-order valence-corrected chi connectivity index (χ4v) is 0.859. The van der Waals surface area contributed by atoms with Crippen molar-refractivity contribution in [3.63, 3.8) is 0 Å². The maximum absolute atomic E-state index is 10.5. The zero-order valence-electron chi connectivity index (χ0n) is 4.65. The van der Waals surface area contributed by atoms with Crippen molar-refractivity contribution in [2.24, 2.45) is 0 Å². The van der Waals surface area contributed by atoms with Gasteiger partial charge in [-0.1, -0.05) is 11.6 Å². The average Bonchev–Trinajstić information content (AvgIpc) is 1.98. The third kappa shape index (κ3) is 1.05. The summed E-state index contributed by atoms with van der Waals surface area (Å²) >= 11 is 11.0. The van der Waals surface area contributed by atoms with Crippen molar-refractivity contribution in [3.05, 3.63) is 10.8 Å². The lowest BCUT2D eigenvalue weighted by Crippen LogP contribution is -2.08. The van der Waals surface area contributed by atoms with Gasteiger partial charge < -0.3 is 4.74 Å². The zero-order valence-corrected chi connectivity index (χ0v) is 6.16. The lowest BCUT2D eigenvalue weighted by Gasteiger charge is -1.90. The molecule has 0 saturated heterocycles. The Morgan fingerprint density at radius 3 is 2.33 bits per heavy atom. The predicted octanol–water partition coefficient (Wildman–Crippen LogP) is 1.62. The van der Waals surface area contributed by atoms with Crippen LogP contribution in [0.1, 0.15) is 6.92 Å². The molecule has 4 heteroatoms. The molecule has 2 nitrogen and oxygen atoms in total. The molecule has 1 unspecified atom stereocenters. The second kappa shape index (κ2) is 2.20. The fraction of sp³-hybridized carbons (Fsp3) is 0.400. The summed E-state index contributed by atoms with van der Waals surface area (Å²) in [5.74, 6) is -0.0826. The van der Waals surface area contributed by atoms with Gasteiger partial charge in [-0.25, -0.2) is 4.79 Å². The van der Waals surface area contributed by atoms with Crippen LogP contribution in [0.25, 0.3) is 0 Å². The molecular weight excluding hydrogens is 163 g/mol. The molecule has 0 radical (unpaired) electrons. The van der Waals surface area contributed by atoms with Crippen LogP contribution in [0, 0.1) is 0 Å². The summed E-state index contributed by atoms with van der Waals surface area (Å²) in [5.41, 5.74) is 0. The van der Waals surface area contributed by atoms with E-state index in [1.165, 1.54) is 0 Å². The van der Waals surface area contributed by atoms with E-state index in [9.17, 15) is 4.79 Å². The third-order valence-electron chi connectivity index (χ3n) is 1.02. The molecule has 0 spiro atoms. The van der Waals surface area contributed by atoms with E-state index in [1.807, 2.05) is 0 Å². The van der Waals surface area contributed by atoms with Crippen molar-refractivity contribution in [3.8, 4) is 0 Å². The third-order valence-corrected chi connectivity index (χ3v) is 2.01. The molecule has 1 rings (SSSR count). The summed E-state index contributed by atoms with van der Waals surface area (Å²) in [6.07, 6.45) is 0. The molecule has 0 saturated carbocycles. The number of hydrogen-bond donors (Lipinski definition) is 0. The zero-order chi connectivity index (χ0) is 7.02. The Kier molecular flexibility index (Phi) is 1.68. The van der Waals surface area contributed by atoms with Crippen molar-refractivity contribution < 1.29 is 9.53 Å². The Hall–Kier alpha value is -0.210. The van der Waals surface area contributed by atoms with E-state index >= 15 is 0 Å². The number of esters is 1. The van der Waals surface area contributed by atoms with Gasteiger partial charge in [-0.2, -0.15) is 0 Å². The van der Waals surface area contributed by atoms with E-state index in [0.717, 1.165) is 0 Å². The smallest absolute Gasteiger partial charge is 0.334 e. The van der Waals surface area contributed by atoms with Crippen molar-refractivity contribution in [1.29, 1.82) is 0 Å². The molecule has 1 heterocycles. The summed E-state index contributed by atoms with van der Waals surface area (Å²) < 4.78 is 4.56. The van der Waals surface area contributed by atoms with Crippen molar-refractivity contribution in [2.45, 2.75) is 12.3 Å². The molecule has 0 aromatic rings. The van der Waals surface area contributed by atoms with Crippen LogP contribution in [-0.4, -0.2) is 11.3 Å². The van der Waals surface area contributed by atoms with E-state index in [2.05, 4.69) is 4.74 Å². The van der Waals surface area contributed by atoms with Gasteiger partial charge in [0.05, 0.1) is 5.03 Å². The van der Waals surface area contributed by atoms with E-state index in [4.69, 9.17) is 23.2 Å². The Morgan fingerprint density at radius 2 is 2.22 bits per heavy atom. The van der Waals surface area contributed by atoms with Gasteiger partial charge in [-0.15, -0.1) is 11.6 Å². The monoisotopic (exact) mass is 166 g/mol. The maximum Gasteiger partial charge on any atom is 0.334 e. The summed E-state index contributed by atoms with van der Waals surface area (Å²) in [7, 11) is 0. The first-order valence-corrected chi connectivity index (χ1v) is 3.16. The lowest BCUT2D eigenvalue weighted by atomic mass is 10.4. The van der Waals surface area contributed by atoms with E-state index in [1.54, 1.807) is 6.92 Å². The first-order valence-electron chi connectivity index (χ1n) is 2.35. The van der Waals surface area contributed by atoms with Crippen LogP contribution in [0.2, 0.25) is 0 Å². The topological polar surface area (TPSA) is 26.3 Å². The van der Waals surface area contributed by atoms with E-state index in [0.29, 0.717) is 10.8 Å². The number of hydrogen-bond acceptors (Lipinski definition) is 2. The van der Waals surface area contributed by atoms with Crippen LogP contribution in [0.3, 0.4) is 0 Å². The average molecular weight is 167 g/mol. The van der Waals surface area contributed by atoms with Gasteiger partial charge in [0, 0.05) is 0 Å². The minimum Gasteiger partial charge on any atom is -0.429 e. The number of allylic oxidation sites excluding steroid dienone is 1. The molecule has 1 aliphatic rings. The van der Waals surface area contributed by atoms with Gasteiger partial charge >= 0.3 is 5.97 Å². The highest BCUT2D eigenvalue weighted by atomic mass is 35.5. The first-order chi connectivity index (χ1) is 4.13. The molecule has 0 amide bonds. The Morgan fingerprint density at radius 1 is 1.67 bits per heavy atom. The lowest BCUT2D eigenvalue weighted by molar-refractivity contribution is -0.136. The van der Waals surface area contributed by atoms with Gasteiger partial charge in [0.15, 0.2) is 5.38 Å². The Bertz CT molecular complexity index is 185. The fourth-order valence-electron chi connectivity index (χ4n) is 0.533. The number of ether oxygens (including phenoxy) is 1. The summed E-state index contributed by atoms with van der Waals surface area (Å²) in [5, 5.41) is -0.492. The second-order valence-corrected chi connectivity index (χ2v) is 2.53. The molecule has 9 heavy (non-hydrogen) atoms. The van der Waals surface area contributed by atoms with Crippen LogP contribution in [0.4, 0.5) is 0 Å². The highest BCUT2D eigenvalue weighted by molar-refractivity contribution is 6.44. The number of carbonyl (C=O) groups is 1. The number of carbonyl (C=O) groups excluding carboxylic acids is 1. The van der Waals surface area contributed by atoms with Crippen LogP contribution < -0.4 is 0 Å². The van der Waals surface area contributed by atoms with Crippen LogP contribution in [0.15, 0.2) is 10.8 Å². The highest BCUT2D eigenvalue weighted by Crippen LogP contribution is 2.27. The molecule has 0 aliphatic carbocycles. The van der Waals surface area contributed by atoms with Crippen molar-refractivity contribution >= 4 is 29.2 Å². The van der Waals surface area contributed by atoms with E-state index in [-0.39, 0.29) is 0 Å². The summed E-state index contributed by atoms with van der Waals surface area (Å²) in [6, 6.07) is 0.